The summed E-state index contributed by atoms with van der Waals surface area (Å²) in [6, 6.07) is 7.92. The predicted octanol–water partition coefficient (Wildman–Crippen LogP) is 3.22. The van der Waals surface area contributed by atoms with Crippen molar-refractivity contribution in [2.75, 3.05) is 0 Å². The molecule has 2 aromatic heterocycles. The third kappa shape index (κ3) is 2.92. The van der Waals surface area contributed by atoms with E-state index in [4.69, 9.17) is 5.73 Å². The van der Waals surface area contributed by atoms with Crippen molar-refractivity contribution in [2.24, 2.45) is 5.73 Å². The van der Waals surface area contributed by atoms with Crippen LogP contribution < -0.4 is 5.73 Å². The summed E-state index contributed by atoms with van der Waals surface area (Å²) in [5, 5.41) is 21.2. The van der Waals surface area contributed by atoms with Gasteiger partial charge in [0.15, 0.2) is 0 Å². The van der Waals surface area contributed by atoms with Crippen molar-refractivity contribution in [1.82, 2.24) is 20.0 Å². The van der Waals surface area contributed by atoms with Gasteiger partial charge < -0.3 is 10.8 Å². The molecule has 0 atom stereocenters. The van der Waals surface area contributed by atoms with Gasteiger partial charge in [-0.05, 0) is 37.8 Å². The summed E-state index contributed by atoms with van der Waals surface area (Å²) in [4.78, 5) is 4.60. The Labute approximate surface area is 144 Å². The molecule has 0 saturated heterocycles. The number of phenolic OH excluding ortho intramolecular Hbond substituents is 1. The van der Waals surface area contributed by atoms with Crippen molar-refractivity contribution in [1.29, 1.82) is 0 Å². The molecule has 3 aromatic rings. The number of para-hydroxylation sites is 1. The first-order valence-corrected chi connectivity index (χ1v) is 9.00. The quantitative estimate of drug-likeness (QED) is 0.763. The molecule has 1 fully saturated rings. The zero-order valence-corrected chi connectivity index (χ0v) is 14.0. The summed E-state index contributed by atoms with van der Waals surface area (Å²) in [6.45, 7) is 0. The normalized spacial score (nSPS) is 21.0. The van der Waals surface area contributed by atoms with Crippen LogP contribution in [0.15, 0.2) is 35.8 Å². The first kappa shape index (κ1) is 15.3. The Bertz CT molecular complexity index is 835. The Hall–Kier alpha value is -2.25. The highest BCUT2D eigenvalue weighted by molar-refractivity contribution is 7.13. The molecule has 0 aliphatic heterocycles. The average molecular weight is 341 g/mol. The van der Waals surface area contributed by atoms with Crippen LogP contribution in [0.25, 0.3) is 22.0 Å². The van der Waals surface area contributed by atoms with Gasteiger partial charge in [-0.1, -0.05) is 17.3 Å². The Kier molecular flexibility index (Phi) is 4.03. The van der Waals surface area contributed by atoms with Crippen molar-refractivity contribution < 1.29 is 5.11 Å². The van der Waals surface area contributed by atoms with Crippen LogP contribution in [0.1, 0.15) is 31.7 Å². The predicted molar refractivity (Wildman–Crippen MR) is 93.7 cm³/mol. The lowest BCUT2D eigenvalue weighted by Crippen LogP contribution is -2.28. The monoisotopic (exact) mass is 341 g/mol. The number of thiazole rings is 1. The largest absolute Gasteiger partial charge is 0.507 e. The van der Waals surface area contributed by atoms with Crippen LogP contribution >= 0.6 is 11.3 Å². The highest BCUT2D eigenvalue weighted by Gasteiger charge is 2.21. The van der Waals surface area contributed by atoms with Gasteiger partial charge in [0.05, 0.1) is 17.8 Å². The van der Waals surface area contributed by atoms with Crippen molar-refractivity contribution >= 4 is 11.3 Å². The molecule has 0 amide bonds. The lowest BCUT2D eigenvalue weighted by atomic mass is 9.92. The van der Waals surface area contributed by atoms with Gasteiger partial charge in [0.25, 0.3) is 0 Å². The van der Waals surface area contributed by atoms with E-state index in [9.17, 15) is 5.11 Å². The Morgan fingerprint density at radius 1 is 1.12 bits per heavy atom. The second-order valence-electron chi connectivity index (χ2n) is 6.21. The van der Waals surface area contributed by atoms with E-state index in [-0.39, 0.29) is 5.75 Å². The number of hydrogen-bond acceptors (Lipinski definition) is 6. The number of rotatable bonds is 3. The fourth-order valence-electron chi connectivity index (χ4n) is 3.11. The molecule has 1 saturated carbocycles. The summed E-state index contributed by atoms with van der Waals surface area (Å²) in [5.41, 5.74) is 8.26. The molecule has 1 aromatic carbocycles. The van der Waals surface area contributed by atoms with E-state index in [1.165, 1.54) is 11.3 Å². The lowest BCUT2D eigenvalue weighted by Gasteiger charge is -2.25. The van der Waals surface area contributed by atoms with Crippen LogP contribution in [0.2, 0.25) is 0 Å². The second-order valence-corrected chi connectivity index (χ2v) is 7.07. The maximum Gasteiger partial charge on any atom is 0.132 e. The van der Waals surface area contributed by atoms with Gasteiger partial charge in [-0.3, -0.25) is 0 Å². The molecule has 1 aliphatic rings. The van der Waals surface area contributed by atoms with Gasteiger partial charge in [0, 0.05) is 11.4 Å². The standard InChI is InChI=1S/C17H19N5OS/c18-11-5-7-12(8-6-11)22-9-14(20-21-22)15-10-24-17(19-15)13-3-1-2-4-16(13)23/h1-4,9-12,23H,5-8,18H2. The number of phenols is 1. The summed E-state index contributed by atoms with van der Waals surface area (Å²) in [6.07, 6.45) is 6.13. The maximum absolute atomic E-state index is 9.96. The van der Waals surface area contributed by atoms with Gasteiger partial charge in [0.2, 0.25) is 0 Å². The SMILES string of the molecule is NC1CCC(n2cc(-c3csc(-c4ccccc4O)n3)nn2)CC1. The van der Waals surface area contributed by atoms with E-state index in [0.29, 0.717) is 12.1 Å². The number of nitrogens with zero attached hydrogens (tertiary/aromatic N) is 4. The van der Waals surface area contributed by atoms with E-state index in [1.807, 2.05) is 28.4 Å². The Balaban J connectivity index is 1.56. The molecule has 0 radical (unpaired) electrons. The summed E-state index contributed by atoms with van der Waals surface area (Å²) in [7, 11) is 0. The number of nitrogens with two attached hydrogens (primary N) is 1. The van der Waals surface area contributed by atoms with E-state index in [0.717, 1.165) is 47.6 Å². The minimum Gasteiger partial charge on any atom is -0.507 e. The number of benzene rings is 1. The van der Waals surface area contributed by atoms with Crippen LogP contribution in [0.5, 0.6) is 5.75 Å². The molecule has 3 N–H and O–H groups in total. The van der Waals surface area contributed by atoms with Crippen molar-refractivity contribution in [3.05, 3.63) is 35.8 Å². The summed E-state index contributed by atoms with van der Waals surface area (Å²) < 4.78 is 1.94. The molecule has 0 bridgehead atoms. The Morgan fingerprint density at radius 2 is 1.92 bits per heavy atom. The van der Waals surface area contributed by atoms with E-state index >= 15 is 0 Å². The lowest BCUT2D eigenvalue weighted by molar-refractivity contribution is 0.300. The highest BCUT2D eigenvalue weighted by Crippen LogP contribution is 2.34. The number of aromatic hydroxyl groups is 1. The molecular weight excluding hydrogens is 322 g/mol. The van der Waals surface area contributed by atoms with Crippen LogP contribution in [0.4, 0.5) is 0 Å². The summed E-state index contributed by atoms with van der Waals surface area (Å²) >= 11 is 1.49. The first-order valence-electron chi connectivity index (χ1n) is 8.12. The van der Waals surface area contributed by atoms with Gasteiger partial charge >= 0.3 is 0 Å². The molecule has 24 heavy (non-hydrogen) atoms. The van der Waals surface area contributed by atoms with Crippen molar-refractivity contribution in [3.63, 3.8) is 0 Å². The van der Waals surface area contributed by atoms with Crippen molar-refractivity contribution in [2.45, 2.75) is 37.8 Å². The maximum atomic E-state index is 9.96. The second kappa shape index (κ2) is 6.33. The molecule has 0 spiro atoms. The number of aromatic nitrogens is 4. The summed E-state index contributed by atoms with van der Waals surface area (Å²) in [5.74, 6) is 0.237. The molecular formula is C17H19N5OS. The Morgan fingerprint density at radius 3 is 2.71 bits per heavy atom. The van der Waals surface area contributed by atoms with Crippen LogP contribution in [0, 0.1) is 0 Å². The van der Waals surface area contributed by atoms with Gasteiger partial charge in [-0.15, -0.1) is 16.4 Å². The zero-order chi connectivity index (χ0) is 16.5. The molecule has 124 valence electrons. The van der Waals surface area contributed by atoms with Crippen LogP contribution in [0.3, 0.4) is 0 Å². The van der Waals surface area contributed by atoms with E-state index < -0.39 is 0 Å². The highest BCUT2D eigenvalue weighted by atomic mass is 32.1. The molecule has 2 heterocycles. The van der Waals surface area contributed by atoms with Gasteiger partial charge in [-0.2, -0.15) is 0 Å². The minimum absolute atomic E-state index is 0.237. The molecule has 4 rings (SSSR count). The van der Waals surface area contributed by atoms with E-state index in [1.54, 1.807) is 12.1 Å². The van der Waals surface area contributed by atoms with E-state index in [2.05, 4.69) is 15.3 Å². The fourth-order valence-corrected chi connectivity index (χ4v) is 3.96. The van der Waals surface area contributed by atoms with Crippen molar-refractivity contribution in [3.8, 4) is 27.7 Å². The van der Waals surface area contributed by atoms with Crippen LogP contribution in [-0.2, 0) is 0 Å². The average Bonchev–Trinajstić information content (AvgIpc) is 3.25. The number of hydrogen-bond donors (Lipinski definition) is 2. The topological polar surface area (TPSA) is 89.8 Å². The molecule has 0 unspecified atom stereocenters. The third-order valence-electron chi connectivity index (χ3n) is 4.53. The van der Waals surface area contributed by atoms with Crippen LogP contribution in [-0.4, -0.2) is 31.1 Å². The minimum atomic E-state index is 0.237. The smallest absolute Gasteiger partial charge is 0.132 e. The first-order chi connectivity index (χ1) is 11.7. The zero-order valence-electron chi connectivity index (χ0n) is 13.2. The molecule has 7 heteroatoms. The molecule has 6 nitrogen and oxygen atoms in total. The van der Waals surface area contributed by atoms with Gasteiger partial charge in [0.1, 0.15) is 22.1 Å². The molecule has 1 aliphatic carbocycles. The third-order valence-corrected chi connectivity index (χ3v) is 5.40. The fraction of sp³-hybridized carbons (Fsp3) is 0.353. The van der Waals surface area contributed by atoms with Gasteiger partial charge in [-0.25, -0.2) is 9.67 Å².